The lowest BCUT2D eigenvalue weighted by Crippen LogP contribution is -2.50. The molecule has 5 nitrogen and oxygen atoms in total. The molecule has 0 aliphatic carbocycles. The molecular formula is C9H21N3O2. The third-order valence-corrected chi connectivity index (χ3v) is 2.31. The van der Waals surface area contributed by atoms with E-state index in [0.717, 1.165) is 6.42 Å². The average molecular weight is 203 g/mol. The summed E-state index contributed by atoms with van der Waals surface area (Å²) in [6.07, 6.45) is 1.93. The summed E-state index contributed by atoms with van der Waals surface area (Å²) in [5.41, 5.74) is 11.2. The summed E-state index contributed by atoms with van der Waals surface area (Å²) in [5, 5.41) is 10.3. The normalized spacial score (nSPS) is 16.4. The maximum Gasteiger partial charge on any atom is 0.139 e. The minimum absolute atomic E-state index is 0.0176. The van der Waals surface area contributed by atoms with Gasteiger partial charge >= 0.3 is 0 Å². The van der Waals surface area contributed by atoms with Crippen molar-refractivity contribution in [3.63, 3.8) is 0 Å². The largest absolute Gasteiger partial charge is 0.548 e. The van der Waals surface area contributed by atoms with E-state index in [4.69, 9.17) is 11.5 Å². The lowest BCUT2D eigenvalue weighted by atomic mass is 10.1. The zero-order valence-corrected chi connectivity index (χ0v) is 9.19. The second kappa shape index (κ2) is 5.29. The van der Waals surface area contributed by atoms with Crippen molar-refractivity contribution in [1.29, 1.82) is 0 Å². The lowest BCUT2D eigenvalue weighted by Gasteiger charge is -2.31. The number of rotatable bonds is 6. The van der Waals surface area contributed by atoms with Gasteiger partial charge in [0.1, 0.15) is 6.17 Å². The Balaban J connectivity index is 3.70. The smallest absolute Gasteiger partial charge is 0.139 e. The molecule has 84 valence electrons. The molecule has 0 aliphatic rings. The molecule has 0 heterocycles. The number of carbonyl (C=O) groups is 1. The molecule has 0 saturated carbocycles. The molecule has 0 bridgehead atoms. The van der Waals surface area contributed by atoms with Gasteiger partial charge in [-0.2, -0.15) is 0 Å². The van der Waals surface area contributed by atoms with Crippen LogP contribution < -0.4 is 16.6 Å². The summed E-state index contributed by atoms with van der Waals surface area (Å²) in [6, 6.07) is -0.866. The quantitative estimate of drug-likeness (QED) is 0.394. The molecule has 1 unspecified atom stereocenters. The maximum atomic E-state index is 10.3. The van der Waals surface area contributed by atoms with Crippen LogP contribution in [0.5, 0.6) is 0 Å². The number of carboxylic acids is 1. The summed E-state index contributed by atoms with van der Waals surface area (Å²) in [5.74, 6) is -1.19. The molecule has 0 aromatic carbocycles. The lowest BCUT2D eigenvalue weighted by molar-refractivity contribution is -0.896. The molecule has 0 aromatic rings. The number of quaternary nitrogens is 1. The summed E-state index contributed by atoms with van der Waals surface area (Å²) >= 11 is 0. The fourth-order valence-electron chi connectivity index (χ4n) is 1.05. The van der Waals surface area contributed by atoms with Crippen molar-refractivity contribution >= 4 is 5.97 Å². The van der Waals surface area contributed by atoms with Gasteiger partial charge in [-0.05, 0) is 12.8 Å². The third-order valence-electron chi connectivity index (χ3n) is 2.31. The second-order valence-electron chi connectivity index (χ2n) is 4.54. The van der Waals surface area contributed by atoms with Crippen molar-refractivity contribution in [2.24, 2.45) is 11.5 Å². The zero-order chi connectivity index (χ0) is 11.4. The molecule has 14 heavy (non-hydrogen) atoms. The number of aliphatic carboxylic acids is 1. The molecule has 0 saturated heterocycles. The van der Waals surface area contributed by atoms with Crippen LogP contribution in [-0.2, 0) is 4.79 Å². The van der Waals surface area contributed by atoms with Gasteiger partial charge in [0, 0.05) is 12.5 Å². The molecule has 0 rings (SSSR count). The van der Waals surface area contributed by atoms with Gasteiger partial charge in [-0.15, -0.1) is 0 Å². The predicted octanol–water partition coefficient (Wildman–Crippen LogP) is -1.78. The van der Waals surface area contributed by atoms with Crippen LogP contribution in [0.2, 0.25) is 0 Å². The molecular weight excluding hydrogens is 182 g/mol. The highest BCUT2D eigenvalue weighted by Crippen LogP contribution is 2.07. The van der Waals surface area contributed by atoms with Gasteiger partial charge in [-0.25, -0.2) is 0 Å². The standard InChI is InChI=1S/C9H21N3O2/c1-12(2,3)8(11)6-4-5-7(10)9(13)14/h7-8H,4-6,10-11H2,1-3H3/t7-,8?/m0/s1. The van der Waals surface area contributed by atoms with Crippen LogP contribution >= 0.6 is 0 Å². The van der Waals surface area contributed by atoms with E-state index in [1.807, 2.05) is 21.1 Å². The molecule has 0 spiro atoms. The Morgan fingerprint density at radius 2 is 1.79 bits per heavy atom. The van der Waals surface area contributed by atoms with Crippen LogP contribution in [0.4, 0.5) is 0 Å². The van der Waals surface area contributed by atoms with Gasteiger partial charge in [0.05, 0.1) is 27.1 Å². The first-order chi connectivity index (χ1) is 6.25. The SMILES string of the molecule is C[N+](C)(C)C(N)CCC[C@H](N)C(=O)[O-]. The van der Waals surface area contributed by atoms with Crippen LogP contribution in [0.3, 0.4) is 0 Å². The highest BCUT2D eigenvalue weighted by atomic mass is 16.4. The minimum atomic E-state index is -1.19. The van der Waals surface area contributed by atoms with Gasteiger partial charge in [0.2, 0.25) is 0 Å². The van der Waals surface area contributed by atoms with E-state index in [-0.39, 0.29) is 6.17 Å². The van der Waals surface area contributed by atoms with Crippen LogP contribution in [0, 0.1) is 0 Å². The Labute approximate surface area is 85.3 Å². The van der Waals surface area contributed by atoms with Gasteiger partial charge in [-0.1, -0.05) is 0 Å². The summed E-state index contributed by atoms with van der Waals surface area (Å²) in [4.78, 5) is 10.3. The van der Waals surface area contributed by atoms with Crippen molar-refractivity contribution in [1.82, 2.24) is 0 Å². The Morgan fingerprint density at radius 3 is 2.14 bits per heavy atom. The average Bonchev–Trinajstić information content (AvgIpc) is 2.01. The molecule has 0 fully saturated rings. The molecule has 2 atom stereocenters. The fourth-order valence-corrected chi connectivity index (χ4v) is 1.05. The highest BCUT2D eigenvalue weighted by molar-refractivity contribution is 5.70. The molecule has 0 aliphatic heterocycles. The van der Waals surface area contributed by atoms with E-state index in [2.05, 4.69) is 0 Å². The van der Waals surface area contributed by atoms with Crippen molar-refractivity contribution in [3.05, 3.63) is 0 Å². The Morgan fingerprint density at radius 1 is 1.29 bits per heavy atom. The first-order valence-electron chi connectivity index (χ1n) is 4.78. The van der Waals surface area contributed by atoms with Crippen LogP contribution in [-0.4, -0.2) is 43.8 Å². The van der Waals surface area contributed by atoms with E-state index >= 15 is 0 Å². The number of hydrogen-bond donors (Lipinski definition) is 2. The topological polar surface area (TPSA) is 92.2 Å². The zero-order valence-electron chi connectivity index (χ0n) is 9.19. The van der Waals surface area contributed by atoms with Gasteiger partial charge in [0.25, 0.3) is 0 Å². The molecule has 0 radical (unpaired) electrons. The monoisotopic (exact) mass is 203 g/mol. The summed E-state index contributed by atoms with van der Waals surface area (Å²) < 4.78 is 0.667. The Hall–Kier alpha value is -0.650. The molecule has 4 N–H and O–H groups in total. The van der Waals surface area contributed by atoms with E-state index in [9.17, 15) is 9.90 Å². The summed E-state index contributed by atoms with van der Waals surface area (Å²) in [6.45, 7) is 0. The maximum absolute atomic E-state index is 10.3. The van der Waals surface area contributed by atoms with E-state index in [1.165, 1.54) is 0 Å². The van der Waals surface area contributed by atoms with Crippen molar-refractivity contribution in [2.45, 2.75) is 31.5 Å². The Kier molecular flexibility index (Phi) is 5.04. The second-order valence-corrected chi connectivity index (χ2v) is 4.54. The van der Waals surface area contributed by atoms with E-state index in [1.54, 1.807) is 0 Å². The molecule has 0 aromatic heterocycles. The Bertz CT molecular complexity index is 189. The van der Waals surface area contributed by atoms with Gasteiger partial charge in [-0.3, -0.25) is 5.73 Å². The number of carbonyl (C=O) groups excluding carboxylic acids is 1. The first-order valence-corrected chi connectivity index (χ1v) is 4.78. The summed E-state index contributed by atoms with van der Waals surface area (Å²) in [7, 11) is 6.01. The first kappa shape index (κ1) is 13.4. The van der Waals surface area contributed by atoms with Gasteiger partial charge < -0.3 is 20.1 Å². The molecule has 5 heteroatoms. The van der Waals surface area contributed by atoms with Crippen LogP contribution in [0.15, 0.2) is 0 Å². The van der Waals surface area contributed by atoms with Crippen LogP contribution in [0.25, 0.3) is 0 Å². The van der Waals surface area contributed by atoms with Crippen LogP contribution in [0.1, 0.15) is 19.3 Å². The van der Waals surface area contributed by atoms with Crippen molar-refractivity contribution < 1.29 is 14.4 Å². The van der Waals surface area contributed by atoms with Crippen molar-refractivity contribution in [2.75, 3.05) is 21.1 Å². The minimum Gasteiger partial charge on any atom is -0.548 e. The third kappa shape index (κ3) is 5.16. The fraction of sp³-hybridized carbons (Fsp3) is 0.889. The predicted molar refractivity (Wildman–Crippen MR) is 52.8 cm³/mol. The number of nitrogens with two attached hydrogens (primary N) is 2. The van der Waals surface area contributed by atoms with E-state index < -0.39 is 12.0 Å². The number of hydrogen-bond acceptors (Lipinski definition) is 4. The molecule has 0 amide bonds. The van der Waals surface area contributed by atoms with Crippen molar-refractivity contribution in [3.8, 4) is 0 Å². The van der Waals surface area contributed by atoms with Gasteiger partial charge in [0.15, 0.2) is 0 Å². The number of nitrogens with zero attached hydrogens (tertiary/aromatic N) is 1. The highest BCUT2D eigenvalue weighted by Gasteiger charge is 2.18. The van der Waals surface area contributed by atoms with E-state index in [0.29, 0.717) is 17.3 Å². The number of carboxylic acid groups (broad SMARTS) is 1.